The highest BCUT2D eigenvalue weighted by Crippen LogP contribution is 2.46. The molecule has 1 aliphatic rings. The highest BCUT2D eigenvalue weighted by Gasteiger charge is 2.29. The topological polar surface area (TPSA) is 58.0 Å². The summed E-state index contributed by atoms with van der Waals surface area (Å²) in [5, 5.41) is 10.9. The SMILES string of the molecule is COCCOc1cc(C2CC2)c2c(C#N)c(-c3ccccc3)[nH]c2c1. The van der Waals surface area contributed by atoms with Crippen LogP contribution >= 0.6 is 0 Å². The van der Waals surface area contributed by atoms with Gasteiger partial charge in [0.05, 0.1) is 23.4 Å². The molecule has 3 aromatic rings. The molecule has 0 atom stereocenters. The lowest BCUT2D eigenvalue weighted by molar-refractivity contribution is 0.146. The molecule has 0 spiro atoms. The van der Waals surface area contributed by atoms with Gasteiger partial charge in [-0.2, -0.15) is 5.26 Å². The maximum atomic E-state index is 9.82. The second-order valence-corrected chi connectivity index (χ2v) is 6.40. The zero-order valence-electron chi connectivity index (χ0n) is 14.2. The average Bonchev–Trinajstić information content (AvgIpc) is 3.42. The molecule has 4 heteroatoms. The van der Waals surface area contributed by atoms with E-state index in [0.29, 0.717) is 19.1 Å². The van der Waals surface area contributed by atoms with Gasteiger partial charge in [0.2, 0.25) is 0 Å². The molecule has 0 bridgehead atoms. The summed E-state index contributed by atoms with van der Waals surface area (Å²) >= 11 is 0. The normalized spacial score (nSPS) is 13.8. The molecule has 1 fully saturated rings. The summed E-state index contributed by atoms with van der Waals surface area (Å²) < 4.78 is 10.9. The molecule has 25 heavy (non-hydrogen) atoms. The Morgan fingerprint density at radius 3 is 2.64 bits per heavy atom. The lowest BCUT2D eigenvalue weighted by atomic mass is 9.99. The molecule has 0 amide bonds. The zero-order valence-corrected chi connectivity index (χ0v) is 14.2. The van der Waals surface area contributed by atoms with Gasteiger partial charge in [-0.1, -0.05) is 30.3 Å². The number of fused-ring (bicyclic) bond motifs is 1. The van der Waals surface area contributed by atoms with Gasteiger partial charge >= 0.3 is 0 Å². The number of H-pyrrole nitrogens is 1. The van der Waals surface area contributed by atoms with Crippen LogP contribution in [0.5, 0.6) is 5.75 Å². The third-order valence-corrected chi connectivity index (χ3v) is 4.65. The molecule has 126 valence electrons. The Balaban J connectivity index is 1.86. The molecule has 4 nitrogen and oxygen atoms in total. The minimum absolute atomic E-state index is 0.517. The van der Waals surface area contributed by atoms with Gasteiger partial charge in [0.15, 0.2) is 0 Å². The molecule has 0 saturated heterocycles. The van der Waals surface area contributed by atoms with E-state index < -0.39 is 0 Å². The first-order valence-corrected chi connectivity index (χ1v) is 8.58. The van der Waals surface area contributed by atoms with Crippen LogP contribution in [0.1, 0.15) is 29.9 Å². The van der Waals surface area contributed by atoms with Crippen molar-refractivity contribution in [3.05, 3.63) is 53.6 Å². The van der Waals surface area contributed by atoms with Crippen LogP contribution in [-0.2, 0) is 4.74 Å². The van der Waals surface area contributed by atoms with E-state index in [4.69, 9.17) is 9.47 Å². The Morgan fingerprint density at radius 2 is 1.96 bits per heavy atom. The Morgan fingerprint density at radius 1 is 1.16 bits per heavy atom. The third-order valence-electron chi connectivity index (χ3n) is 4.65. The summed E-state index contributed by atoms with van der Waals surface area (Å²) in [5.41, 5.74) is 4.83. The van der Waals surface area contributed by atoms with E-state index in [1.165, 1.54) is 18.4 Å². The number of ether oxygens (including phenoxy) is 2. The van der Waals surface area contributed by atoms with Crippen molar-refractivity contribution in [3.8, 4) is 23.1 Å². The second kappa shape index (κ2) is 6.62. The van der Waals surface area contributed by atoms with E-state index in [9.17, 15) is 5.26 Å². The maximum Gasteiger partial charge on any atom is 0.121 e. The van der Waals surface area contributed by atoms with Gasteiger partial charge in [-0.25, -0.2) is 0 Å². The first-order valence-electron chi connectivity index (χ1n) is 8.58. The van der Waals surface area contributed by atoms with Crippen molar-refractivity contribution in [1.29, 1.82) is 5.26 Å². The van der Waals surface area contributed by atoms with E-state index in [-0.39, 0.29) is 0 Å². The van der Waals surface area contributed by atoms with Crippen LogP contribution in [0.4, 0.5) is 0 Å². The molecule has 4 rings (SSSR count). The van der Waals surface area contributed by atoms with E-state index in [1.807, 2.05) is 36.4 Å². The first kappa shape index (κ1) is 15.7. The van der Waals surface area contributed by atoms with Gasteiger partial charge in [-0.05, 0) is 36.0 Å². The average molecular weight is 332 g/mol. The molecule has 2 aromatic carbocycles. The lowest BCUT2D eigenvalue weighted by Gasteiger charge is -2.09. The van der Waals surface area contributed by atoms with Crippen LogP contribution in [0.25, 0.3) is 22.2 Å². The van der Waals surface area contributed by atoms with Crippen molar-refractivity contribution in [2.75, 3.05) is 20.3 Å². The number of nitrogens with one attached hydrogen (secondary N) is 1. The van der Waals surface area contributed by atoms with Gasteiger partial charge < -0.3 is 14.5 Å². The van der Waals surface area contributed by atoms with Crippen LogP contribution < -0.4 is 4.74 Å². The van der Waals surface area contributed by atoms with Crippen molar-refractivity contribution in [2.45, 2.75) is 18.8 Å². The van der Waals surface area contributed by atoms with Crippen LogP contribution in [0.3, 0.4) is 0 Å². The van der Waals surface area contributed by atoms with Crippen LogP contribution in [0.2, 0.25) is 0 Å². The Hall–Kier alpha value is -2.77. The van der Waals surface area contributed by atoms with E-state index in [2.05, 4.69) is 17.1 Å². The standard InChI is InChI=1S/C21H20N2O2/c1-24-9-10-25-16-11-17(14-7-8-14)20-18(13-22)21(23-19(20)12-16)15-5-3-2-4-6-15/h2-6,11-12,14,23H,7-10H2,1H3. The fourth-order valence-electron chi connectivity index (χ4n) is 3.31. The molecule has 1 aromatic heterocycles. The molecular formula is C21H20N2O2. The fourth-order valence-corrected chi connectivity index (χ4v) is 3.31. The second-order valence-electron chi connectivity index (χ2n) is 6.40. The van der Waals surface area contributed by atoms with Crippen LogP contribution in [0.15, 0.2) is 42.5 Å². The van der Waals surface area contributed by atoms with Gasteiger partial charge in [0, 0.05) is 18.6 Å². The van der Waals surface area contributed by atoms with Crippen molar-refractivity contribution < 1.29 is 9.47 Å². The van der Waals surface area contributed by atoms with E-state index in [0.717, 1.165) is 33.5 Å². The summed E-state index contributed by atoms with van der Waals surface area (Å²) in [4.78, 5) is 3.45. The molecule has 0 aliphatic heterocycles. The molecule has 1 saturated carbocycles. The predicted molar refractivity (Wildman–Crippen MR) is 97.8 cm³/mol. The number of aromatic nitrogens is 1. The van der Waals surface area contributed by atoms with Crippen molar-refractivity contribution in [2.24, 2.45) is 0 Å². The molecule has 0 unspecified atom stereocenters. The minimum Gasteiger partial charge on any atom is -0.491 e. The van der Waals surface area contributed by atoms with Crippen molar-refractivity contribution in [1.82, 2.24) is 4.98 Å². The van der Waals surface area contributed by atoms with E-state index in [1.54, 1.807) is 7.11 Å². The summed E-state index contributed by atoms with van der Waals surface area (Å²) in [6.45, 7) is 1.07. The highest BCUT2D eigenvalue weighted by molar-refractivity contribution is 5.97. The molecule has 1 N–H and O–H groups in total. The van der Waals surface area contributed by atoms with Gasteiger partial charge in [-0.15, -0.1) is 0 Å². The summed E-state index contributed by atoms with van der Waals surface area (Å²) in [6, 6.07) is 16.5. The quantitative estimate of drug-likeness (QED) is 0.671. The Labute approximate surface area is 147 Å². The monoisotopic (exact) mass is 332 g/mol. The fraction of sp³-hybridized carbons (Fsp3) is 0.286. The lowest BCUT2D eigenvalue weighted by Crippen LogP contribution is -2.04. The molecule has 1 heterocycles. The van der Waals surface area contributed by atoms with Crippen LogP contribution in [0, 0.1) is 11.3 Å². The number of nitriles is 1. The minimum atomic E-state index is 0.517. The Bertz CT molecular complexity index is 934. The largest absolute Gasteiger partial charge is 0.491 e. The number of hydrogen-bond donors (Lipinski definition) is 1. The van der Waals surface area contributed by atoms with Crippen molar-refractivity contribution >= 4 is 10.9 Å². The van der Waals surface area contributed by atoms with Gasteiger partial charge in [0.25, 0.3) is 0 Å². The number of benzene rings is 2. The summed E-state index contributed by atoms with van der Waals surface area (Å²) in [6.07, 6.45) is 2.35. The number of rotatable bonds is 6. The van der Waals surface area contributed by atoms with E-state index >= 15 is 0 Å². The Kier molecular flexibility index (Phi) is 4.17. The maximum absolute atomic E-state index is 9.82. The van der Waals surface area contributed by atoms with Gasteiger partial charge in [0.1, 0.15) is 18.4 Å². The number of hydrogen-bond acceptors (Lipinski definition) is 3. The molecular weight excluding hydrogens is 312 g/mol. The number of methoxy groups -OCH3 is 1. The summed E-state index contributed by atoms with van der Waals surface area (Å²) in [7, 11) is 1.67. The number of aromatic amines is 1. The molecule has 1 aliphatic carbocycles. The smallest absolute Gasteiger partial charge is 0.121 e. The third kappa shape index (κ3) is 2.99. The molecule has 0 radical (unpaired) electrons. The number of nitrogens with zero attached hydrogens (tertiary/aromatic N) is 1. The predicted octanol–water partition coefficient (Wildman–Crippen LogP) is 4.61. The van der Waals surface area contributed by atoms with Crippen LogP contribution in [-0.4, -0.2) is 25.3 Å². The first-order chi connectivity index (χ1) is 12.3. The zero-order chi connectivity index (χ0) is 17.2. The summed E-state index contributed by atoms with van der Waals surface area (Å²) in [5.74, 6) is 1.36. The highest BCUT2D eigenvalue weighted by atomic mass is 16.5. The van der Waals surface area contributed by atoms with Gasteiger partial charge in [-0.3, -0.25) is 0 Å². The van der Waals surface area contributed by atoms with Crippen molar-refractivity contribution in [3.63, 3.8) is 0 Å².